The van der Waals surface area contributed by atoms with Crippen molar-refractivity contribution in [1.29, 1.82) is 0 Å². The van der Waals surface area contributed by atoms with Gasteiger partial charge in [-0.1, -0.05) is 62.7 Å². The number of nitrogens with two attached hydrogens (primary N) is 1. The monoisotopic (exact) mass is 773 g/mol. The summed E-state index contributed by atoms with van der Waals surface area (Å²) in [6, 6.07) is 10.5. The highest BCUT2D eigenvalue weighted by Gasteiger charge is 2.64. The number of hydrogen-bond acceptors (Lipinski definition) is 8. The Morgan fingerprint density at radius 3 is 2.37 bits per heavy atom. The normalized spacial score (nSPS) is 20.3. The van der Waals surface area contributed by atoms with Crippen LogP contribution in [0.2, 0.25) is 5.02 Å². The molecule has 1 aliphatic heterocycles. The predicted molar refractivity (Wildman–Crippen MR) is 187 cm³/mol. The van der Waals surface area contributed by atoms with Gasteiger partial charge in [-0.3, -0.25) is 9.69 Å². The average molecular weight is 774 g/mol. The van der Waals surface area contributed by atoms with Gasteiger partial charge >= 0.3 is 18.8 Å². The van der Waals surface area contributed by atoms with E-state index in [0.717, 1.165) is 12.8 Å². The average Bonchev–Trinajstić information content (AvgIpc) is 3.97. The molecule has 12 nitrogen and oxygen atoms in total. The quantitative estimate of drug-likeness (QED) is 0.150. The summed E-state index contributed by atoms with van der Waals surface area (Å²) in [7, 11) is 0. The summed E-state index contributed by atoms with van der Waals surface area (Å²) in [6.07, 6.45) is -0.676. The molecule has 2 saturated carbocycles. The number of carbonyl (C=O) groups excluding carboxylic acids is 2. The first kappa shape index (κ1) is 37.3. The van der Waals surface area contributed by atoms with Crippen molar-refractivity contribution in [1.82, 2.24) is 34.8 Å². The first-order valence-electron chi connectivity index (χ1n) is 17.2. The van der Waals surface area contributed by atoms with Crippen molar-refractivity contribution in [3.05, 3.63) is 77.3 Å². The Bertz CT molecular complexity index is 2100. The molecule has 286 valence electrons. The summed E-state index contributed by atoms with van der Waals surface area (Å²) in [5.41, 5.74) is 4.43. The van der Waals surface area contributed by atoms with E-state index in [0.29, 0.717) is 43.3 Å². The van der Waals surface area contributed by atoms with E-state index in [-0.39, 0.29) is 31.3 Å². The van der Waals surface area contributed by atoms with Crippen molar-refractivity contribution in [2.75, 3.05) is 6.61 Å². The van der Waals surface area contributed by atoms with Crippen LogP contribution in [-0.2, 0) is 15.1 Å². The third-order valence-corrected chi connectivity index (χ3v) is 10.1. The van der Waals surface area contributed by atoms with E-state index in [9.17, 15) is 31.5 Å². The van der Waals surface area contributed by atoms with Crippen LogP contribution in [0.3, 0.4) is 0 Å². The van der Waals surface area contributed by atoms with Crippen LogP contribution in [0.1, 0.15) is 82.6 Å². The number of alkyl carbamates (subject to hydrolysis) is 1. The Labute approximate surface area is 311 Å². The summed E-state index contributed by atoms with van der Waals surface area (Å²) in [5, 5.41) is 10.3. The maximum atomic E-state index is 15.0. The number of benzene rings is 2. The molecule has 0 bridgehead atoms. The number of rotatable bonds is 11. The van der Waals surface area contributed by atoms with E-state index in [1.807, 2.05) is 26.1 Å². The Balaban J connectivity index is 1.26. The van der Waals surface area contributed by atoms with Gasteiger partial charge in [0.1, 0.15) is 18.5 Å². The molecule has 3 heterocycles. The maximum Gasteiger partial charge on any atom is 0.411 e. The number of guanidine groups is 1. The largest absolute Gasteiger partial charge is 0.447 e. The van der Waals surface area contributed by atoms with E-state index in [1.165, 1.54) is 23.6 Å². The topological polar surface area (TPSA) is 146 Å². The molecular formula is C36H37ClF5N9O3. The molecule has 2 aliphatic carbocycles. The molecule has 2 aromatic carbocycles. The second-order valence-electron chi connectivity index (χ2n) is 15.1. The van der Waals surface area contributed by atoms with Gasteiger partial charge in [0, 0.05) is 17.3 Å². The van der Waals surface area contributed by atoms with Gasteiger partial charge < -0.3 is 15.8 Å². The lowest BCUT2D eigenvalue weighted by molar-refractivity contribution is -0.164. The zero-order valence-corrected chi connectivity index (χ0v) is 30.2. The van der Waals surface area contributed by atoms with E-state index in [2.05, 4.69) is 15.2 Å². The van der Waals surface area contributed by atoms with Gasteiger partial charge in [0.25, 0.3) is 5.91 Å². The minimum absolute atomic E-state index is 0.140. The highest BCUT2D eigenvalue weighted by Crippen LogP contribution is 2.49. The van der Waals surface area contributed by atoms with Crippen molar-refractivity contribution in [3.8, 4) is 22.5 Å². The maximum absolute atomic E-state index is 15.0. The zero-order chi connectivity index (χ0) is 38.8. The number of carbonyl (C=O) groups is 2. The molecule has 18 heteroatoms. The number of alkyl halides is 5. The highest BCUT2D eigenvalue weighted by molar-refractivity contribution is 6.33. The van der Waals surface area contributed by atoms with Crippen LogP contribution in [0.4, 0.5) is 26.7 Å². The molecule has 7 rings (SSSR count). The third kappa shape index (κ3) is 7.00. The van der Waals surface area contributed by atoms with Crippen LogP contribution < -0.4 is 11.1 Å². The number of nitrogens with one attached hydrogen (secondary N) is 1. The van der Waals surface area contributed by atoms with Crippen LogP contribution in [-0.4, -0.2) is 65.7 Å². The van der Waals surface area contributed by atoms with Gasteiger partial charge in [-0.15, -0.1) is 0 Å². The Kier molecular flexibility index (Phi) is 9.21. The van der Waals surface area contributed by atoms with Gasteiger partial charge in [0.05, 0.1) is 23.3 Å². The van der Waals surface area contributed by atoms with Gasteiger partial charge in [-0.05, 0) is 66.3 Å². The summed E-state index contributed by atoms with van der Waals surface area (Å²) in [4.78, 5) is 38.3. The van der Waals surface area contributed by atoms with Crippen LogP contribution in [0.15, 0.2) is 66.2 Å². The number of amides is 2. The van der Waals surface area contributed by atoms with Crippen LogP contribution in [0.5, 0.6) is 0 Å². The second kappa shape index (κ2) is 13.4. The molecule has 0 unspecified atom stereocenters. The van der Waals surface area contributed by atoms with E-state index < -0.39 is 53.9 Å². The molecular weight excluding hydrogens is 737 g/mol. The fourth-order valence-corrected chi connectivity index (χ4v) is 7.07. The molecule has 0 saturated heterocycles. The number of halogens is 6. The van der Waals surface area contributed by atoms with Crippen LogP contribution in [0.25, 0.3) is 22.5 Å². The van der Waals surface area contributed by atoms with Crippen molar-refractivity contribution >= 4 is 29.6 Å². The fourth-order valence-electron chi connectivity index (χ4n) is 6.87. The molecule has 2 aromatic heterocycles. The molecule has 3 N–H and O–H groups in total. The summed E-state index contributed by atoms with van der Waals surface area (Å²) in [5.74, 6) is -0.320. The minimum atomic E-state index is -4.68. The Hall–Kier alpha value is -5.06. The number of nitrogens with zero attached hydrogens (tertiary/aromatic N) is 7. The van der Waals surface area contributed by atoms with Crippen molar-refractivity contribution in [2.45, 2.75) is 88.8 Å². The van der Waals surface area contributed by atoms with E-state index in [4.69, 9.17) is 27.1 Å². The molecule has 2 amide bonds. The van der Waals surface area contributed by atoms with Crippen molar-refractivity contribution < 1.29 is 36.3 Å². The van der Waals surface area contributed by atoms with E-state index in [1.54, 1.807) is 47.1 Å². The highest BCUT2D eigenvalue weighted by atomic mass is 35.5. The first-order valence-corrected chi connectivity index (χ1v) is 17.6. The van der Waals surface area contributed by atoms with Crippen molar-refractivity contribution in [2.24, 2.45) is 16.1 Å². The Morgan fingerprint density at radius 2 is 1.78 bits per heavy atom. The SMILES string of the molecule is CC(C)(C)C[C@]1(c2ccc(-c3cnn(C(F)F)c3)cc2)N=C(N)N([C@H](COC(=O)NC2(C(F)(F)F)CC2)c2ccc(Cl)c(-c3ncnn3C3CC3)c2)C1=O. The lowest BCUT2D eigenvalue weighted by Crippen LogP contribution is -2.50. The van der Waals surface area contributed by atoms with Gasteiger partial charge in [0.2, 0.25) is 0 Å². The smallest absolute Gasteiger partial charge is 0.411 e. The molecule has 2 atom stereocenters. The number of ether oxygens (including phenoxy) is 1. The molecule has 0 radical (unpaired) electrons. The van der Waals surface area contributed by atoms with Crippen molar-refractivity contribution in [3.63, 3.8) is 0 Å². The Morgan fingerprint density at radius 1 is 1.07 bits per heavy atom. The summed E-state index contributed by atoms with van der Waals surface area (Å²) < 4.78 is 75.2. The molecule has 2 fully saturated rings. The van der Waals surface area contributed by atoms with Gasteiger partial charge in [0.15, 0.2) is 17.3 Å². The standard InChI is InChI=1S/C36H37ClF5N9O3/c1-33(2,3)18-35(23-7-4-20(5-8-23)22-15-45-49(16-22)30(38)39)29(52)50(31(43)47-35)27(17-54-32(53)48-34(12-13-34)36(40,41)42)21-6-11-26(37)25(14-21)28-44-19-46-51(28)24-9-10-24/h4-8,11,14-16,19,24,27,30H,9-10,12-13,17-18H2,1-3H3,(H2,43,47)(H,48,53)/t27-,35-/m1/s1. The lowest BCUT2D eigenvalue weighted by Gasteiger charge is -2.35. The minimum Gasteiger partial charge on any atom is -0.447 e. The van der Waals surface area contributed by atoms with Gasteiger partial charge in [-0.25, -0.2) is 24.1 Å². The second-order valence-corrected chi connectivity index (χ2v) is 15.5. The third-order valence-electron chi connectivity index (χ3n) is 9.81. The molecule has 4 aromatic rings. The number of aliphatic imine (C=N–C) groups is 1. The summed E-state index contributed by atoms with van der Waals surface area (Å²) in [6.45, 7) is 2.35. The zero-order valence-electron chi connectivity index (χ0n) is 29.4. The summed E-state index contributed by atoms with van der Waals surface area (Å²) >= 11 is 6.67. The number of hydrogen-bond donors (Lipinski definition) is 2. The molecule has 3 aliphatic rings. The van der Waals surface area contributed by atoms with E-state index >= 15 is 0 Å². The van der Waals surface area contributed by atoms with Crippen LogP contribution in [0, 0.1) is 5.41 Å². The molecule has 0 spiro atoms. The fraction of sp³-hybridized carbons (Fsp3) is 0.444. The predicted octanol–water partition coefficient (Wildman–Crippen LogP) is 7.54. The molecule has 54 heavy (non-hydrogen) atoms. The first-order chi connectivity index (χ1) is 25.4. The number of aromatic nitrogens is 5. The van der Waals surface area contributed by atoms with Gasteiger partial charge in [-0.2, -0.15) is 32.1 Å². The lowest BCUT2D eigenvalue weighted by atomic mass is 9.75. The van der Waals surface area contributed by atoms with Crippen LogP contribution >= 0.6 is 11.6 Å².